The van der Waals surface area contributed by atoms with Crippen LogP contribution in [-0.4, -0.2) is 11.0 Å². The van der Waals surface area contributed by atoms with Gasteiger partial charge in [0.15, 0.2) is 3.95 Å². The zero-order valence-corrected chi connectivity index (χ0v) is 13.5. The molecule has 0 aliphatic rings. The molecule has 6 heteroatoms. The Kier molecular flexibility index (Phi) is 4.90. The number of aromatic nitrogens is 1. The Balaban J connectivity index is 1.92. The standard InChI is InChI=1S/C13H12BrNO2S2/c1-8-11(19-13(18)15-8)6-12(16)17-7-9-3-2-4-10(14)5-9/h2-5H,6-7H2,1H3,(H,15,18). The number of ether oxygens (including phenoxy) is 1. The number of aromatic amines is 1. The SMILES string of the molecule is Cc1[nH]c(=S)sc1CC(=O)OCc1cccc(Br)c1. The van der Waals surface area contributed by atoms with Crippen LogP contribution in [0.2, 0.25) is 0 Å². The van der Waals surface area contributed by atoms with Crippen LogP contribution in [0.15, 0.2) is 28.7 Å². The molecule has 0 radical (unpaired) electrons. The Bertz CT molecular complexity index is 648. The number of hydrogen-bond donors (Lipinski definition) is 1. The van der Waals surface area contributed by atoms with E-state index >= 15 is 0 Å². The molecule has 1 aromatic carbocycles. The molecule has 0 fully saturated rings. The Morgan fingerprint density at radius 2 is 2.32 bits per heavy atom. The number of carbonyl (C=O) groups is 1. The second-order valence-electron chi connectivity index (χ2n) is 4.03. The number of benzene rings is 1. The second-order valence-corrected chi connectivity index (χ2v) is 6.72. The number of nitrogens with one attached hydrogen (secondary N) is 1. The molecule has 0 atom stereocenters. The molecule has 1 N–H and O–H groups in total. The fourth-order valence-corrected chi connectivity index (χ4v) is 3.30. The van der Waals surface area contributed by atoms with Crippen LogP contribution < -0.4 is 0 Å². The van der Waals surface area contributed by atoms with Crippen molar-refractivity contribution in [1.29, 1.82) is 0 Å². The number of esters is 1. The van der Waals surface area contributed by atoms with Crippen LogP contribution in [0.25, 0.3) is 0 Å². The number of halogens is 1. The molecule has 0 amide bonds. The smallest absolute Gasteiger partial charge is 0.311 e. The van der Waals surface area contributed by atoms with Crippen LogP contribution in [0.1, 0.15) is 16.1 Å². The minimum absolute atomic E-state index is 0.242. The summed E-state index contributed by atoms with van der Waals surface area (Å²) in [7, 11) is 0. The van der Waals surface area contributed by atoms with Crippen LogP contribution in [0.3, 0.4) is 0 Å². The number of aryl methyl sites for hydroxylation is 1. The summed E-state index contributed by atoms with van der Waals surface area (Å²) >= 11 is 9.83. The minimum atomic E-state index is -0.242. The second kappa shape index (κ2) is 6.45. The summed E-state index contributed by atoms with van der Waals surface area (Å²) in [6, 6.07) is 7.69. The van der Waals surface area contributed by atoms with E-state index in [2.05, 4.69) is 20.9 Å². The monoisotopic (exact) mass is 357 g/mol. The molecular weight excluding hydrogens is 346 g/mol. The first-order valence-electron chi connectivity index (χ1n) is 5.63. The van der Waals surface area contributed by atoms with Gasteiger partial charge in [-0.15, -0.1) is 11.3 Å². The number of thiazole rings is 1. The normalized spacial score (nSPS) is 10.4. The van der Waals surface area contributed by atoms with Gasteiger partial charge in [-0.05, 0) is 36.8 Å². The van der Waals surface area contributed by atoms with Crippen LogP contribution in [0.4, 0.5) is 0 Å². The molecule has 0 aliphatic carbocycles. The molecule has 0 saturated carbocycles. The molecule has 100 valence electrons. The summed E-state index contributed by atoms with van der Waals surface area (Å²) in [6.45, 7) is 2.19. The van der Waals surface area contributed by atoms with Crippen molar-refractivity contribution < 1.29 is 9.53 Å². The van der Waals surface area contributed by atoms with E-state index in [0.717, 1.165) is 20.6 Å². The van der Waals surface area contributed by atoms with Gasteiger partial charge in [0.1, 0.15) is 6.61 Å². The van der Waals surface area contributed by atoms with E-state index < -0.39 is 0 Å². The van der Waals surface area contributed by atoms with Gasteiger partial charge < -0.3 is 9.72 Å². The molecule has 1 aromatic heterocycles. The highest BCUT2D eigenvalue weighted by Gasteiger charge is 2.10. The summed E-state index contributed by atoms with van der Waals surface area (Å²) in [4.78, 5) is 15.7. The summed E-state index contributed by atoms with van der Waals surface area (Å²) in [5.41, 5.74) is 1.90. The van der Waals surface area contributed by atoms with Crippen molar-refractivity contribution in [3.05, 3.63) is 48.8 Å². The lowest BCUT2D eigenvalue weighted by molar-refractivity contribution is -0.144. The highest BCUT2D eigenvalue weighted by atomic mass is 79.9. The molecule has 19 heavy (non-hydrogen) atoms. The van der Waals surface area contributed by atoms with Crippen LogP contribution in [0, 0.1) is 10.9 Å². The molecule has 0 bridgehead atoms. The van der Waals surface area contributed by atoms with Crippen molar-refractivity contribution in [3.8, 4) is 0 Å². The van der Waals surface area contributed by atoms with Crippen molar-refractivity contribution in [3.63, 3.8) is 0 Å². The van der Waals surface area contributed by atoms with Crippen LogP contribution in [0.5, 0.6) is 0 Å². The third-order valence-corrected chi connectivity index (χ3v) is 4.35. The van der Waals surface area contributed by atoms with Crippen molar-refractivity contribution in [2.75, 3.05) is 0 Å². The maximum absolute atomic E-state index is 11.8. The first kappa shape index (κ1) is 14.4. The Morgan fingerprint density at radius 3 is 2.95 bits per heavy atom. The molecule has 2 rings (SSSR count). The maximum Gasteiger partial charge on any atom is 0.311 e. The quantitative estimate of drug-likeness (QED) is 0.659. The lowest BCUT2D eigenvalue weighted by atomic mass is 10.2. The lowest BCUT2D eigenvalue weighted by Crippen LogP contribution is -2.07. The average Bonchev–Trinajstić information content (AvgIpc) is 2.65. The van der Waals surface area contributed by atoms with Gasteiger partial charge in [-0.3, -0.25) is 4.79 Å². The first-order chi connectivity index (χ1) is 9.04. The Morgan fingerprint density at radius 1 is 1.53 bits per heavy atom. The third kappa shape index (κ3) is 4.26. The third-order valence-electron chi connectivity index (χ3n) is 2.52. The number of H-pyrrole nitrogens is 1. The summed E-state index contributed by atoms with van der Waals surface area (Å²) in [5, 5.41) is 0. The maximum atomic E-state index is 11.8. The lowest BCUT2D eigenvalue weighted by Gasteiger charge is -2.05. The zero-order chi connectivity index (χ0) is 13.8. The van der Waals surface area contributed by atoms with Crippen molar-refractivity contribution in [2.24, 2.45) is 0 Å². The first-order valence-corrected chi connectivity index (χ1v) is 7.65. The summed E-state index contributed by atoms with van der Waals surface area (Å²) in [5.74, 6) is -0.242. The van der Waals surface area contributed by atoms with Gasteiger partial charge in [0.2, 0.25) is 0 Å². The van der Waals surface area contributed by atoms with Gasteiger partial charge in [-0.2, -0.15) is 0 Å². The fourth-order valence-electron chi connectivity index (χ4n) is 1.58. The van der Waals surface area contributed by atoms with E-state index in [0.29, 0.717) is 3.95 Å². The number of hydrogen-bond acceptors (Lipinski definition) is 4. The molecule has 3 nitrogen and oxygen atoms in total. The highest BCUT2D eigenvalue weighted by Crippen LogP contribution is 2.16. The van der Waals surface area contributed by atoms with Crippen LogP contribution >= 0.6 is 39.5 Å². The van der Waals surface area contributed by atoms with E-state index in [4.69, 9.17) is 17.0 Å². The van der Waals surface area contributed by atoms with Gasteiger partial charge in [0.05, 0.1) is 6.42 Å². The zero-order valence-electron chi connectivity index (χ0n) is 10.2. The Hall–Kier alpha value is -0.980. The average molecular weight is 358 g/mol. The molecular formula is C13H12BrNO2S2. The molecule has 1 heterocycles. The van der Waals surface area contributed by atoms with E-state index in [9.17, 15) is 4.79 Å². The topological polar surface area (TPSA) is 42.1 Å². The van der Waals surface area contributed by atoms with Gasteiger partial charge in [0, 0.05) is 15.0 Å². The summed E-state index contributed by atoms with van der Waals surface area (Å²) < 4.78 is 6.91. The number of carbonyl (C=O) groups excluding carboxylic acids is 1. The van der Waals surface area contributed by atoms with E-state index in [1.54, 1.807) is 0 Å². The van der Waals surface area contributed by atoms with Crippen molar-refractivity contribution >= 4 is 45.5 Å². The summed E-state index contributed by atoms with van der Waals surface area (Å²) in [6.07, 6.45) is 0.262. The largest absolute Gasteiger partial charge is 0.461 e. The van der Waals surface area contributed by atoms with Crippen LogP contribution in [-0.2, 0) is 22.6 Å². The van der Waals surface area contributed by atoms with E-state index in [1.807, 2.05) is 31.2 Å². The molecule has 2 aromatic rings. The minimum Gasteiger partial charge on any atom is -0.461 e. The highest BCUT2D eigenvalue weighted by molar-refractivity contribution is 9.10. The molecule has 0 spiro atoms. The molecule has 0 aliphatic heterocycles. The van der Waals surface area contributed by atoms with Crippen molar-refractivity contribution in [1.82, 2.24) is 4.98 Å². The number of rotatable bonds is 4. The Labute approximate surface area is 128 Å². The van der Waals surface area contributed by atoms with Gasteiger partial charge in [0.25, 0.3) is 0 Å². The molecule has 0 unspecified atom stereocenters. The van der Waals surface area contributed by atoms with Crippen molar-refractivity contribution in [2.45, 2.75) is 20.0 Å². The van der Waals surface area contributed by atoms with E-state index in [-0.39, 0.29) is 19.0 Å². The van der Waals surface area contributed by atoms with E-state index in [1.165, 1.54) is 11.3 Å². The van der Waals surface area contributed by atoms with Gasteiger partial charge >= 0.3 is 5.97 Å². The van der Waals surface area contributed by atoms with Gasteiger partial charge in [-0.25, -0.2) is 0 Å². The predicted molar refractivity (Wildman–Crippen MR) is 81.9 cm³/mol. The van der Waals surface area contributed by atoms with Gasteiger partial charge in [-0.1, -0.05) is 28.1 Å². The predicted octanol–water partition coefficient (Wildman–Crippen LogP) is 4.16. The molecule has 0 saturated heterocycles. The fraction of sp³-hybridized carbons (Fsp3) is 0.231.